The Kier molecular flexibility index (Phi) is 3.09. The Bertz CT molecular complexity index is 386. The maximum Gasteiger partial charge on any atom is 0.410 e. The Balaban J connectivity index is 1.91. The molecule has 0 aromatic heterocycles. The highest BCUT2D eigenvalue weighted by molar-refractivity contribution is 5.98. The topological polar surface area (TPSA) is 55.8 Å². The molecule has 2 aliphatic rings. The number of ketones is 1. The van der Waals surface area contributed by atoms with Crippen molar-refractivity contribution in [1.82, 2.24) is 4.90 Å². The highest BCUT2D eigenvalue weighted by Crippen LogP contribution is 2.32. The van der Waals surface area contributed by atoms with Gasteiger partial charge in [0.05, 0.1) is 6.26 Å². The van der Waals surface area contributed by atoms with E-state index in [9.17, 15) is 9.59 Å². The Morgan fingerprint density at radius 3 is 2.44 bits per heavy atom. The lowest BCUT2D eigenvalue weighted by Crippen LogP contribution is -2.50. The van der Waals surface area contributed by atoms with Crippen LogP contribution in [0.3, 0.4) is 0 Å². The monoisotopic (exact) mass is 253 g/mol. The van der Waals surface area contributed by atoms with Crippen molar-refractivity contribution in [3.05, 3.63) is 12.3 Å². The third-order valence-electron chi connectivity index (χ3n) is 3.18. The average Bonchev–Trinajstić information content (AvgIpc) is 2.59. The highest BCUT2D eigenvalue weighted by atomic mass is 16.6. The molecule has 0 unspecified atom stereocenters. The molecule has 5 heteroatoms. The van der Waals surface area contributed by atoms with Crippen LogP contribution in [0.4, 0.5) is 4.79 Å². The molecule has 1 fully saturated rings. The van der Waals surface area contributed by atoms with Gasteiger partial charge in [0.25, 0.3) is 0 Å². The Labute approximate surface area is 107 Å². The van der Waals surface area contributed by atoms with E-state index in [1.807, 2.05) is 20.8 Å². The minimum absolute atomic E-state index is 0.00587. The fraction of sp³-hybridized carbons (Fsp3) is 0.692. The van der Waals surface area contributed by atoms with Gasteiger partial charge in [-0.1, -0.05) is 0 Å². The summed E-state index contributed by atoms with van der Waals surface area (Å²) in [5.74, 6) is 0.00587. The van der Waals surface area contributed by atoms with Crippen LogP contribution in [-0.4, -0.2) is 41.1 Å². The van der Waals surface area contributed by atoms with Crippen LogP contribution in [0.1, 0.15) is 33.6 Å². The lowest BCUT2D eigenvalue weighted by molar-refractivity contribution is -0.133. The molecule has 0 aromatic carbocycles. The molecule has 5 nitrogen and oxygen atoms in total. The molecule has 0 N–H and O–H groups in total. The van der Waals surface area contributed by atoms with Crippen LogP contribution in [0.25, 0.3) is 0 Å². The summed E-state index contributed by atoms with van der Waals surface area (Å²) in [6.07, 6.45) is 3.64. The van der Waals surface area contributed by atoms with Gasteiger partial charge in [-0.25, -0.2) is 4.79 Å². The van der Waals surface area contributed by atoms with Gasteiger partial charge in [-0.2, -0.15) is 0 Å². The van der Waals surface area contributed by atoms with Crippen LogP contribution in [0, 0.1) is 0 Å². The van der Waals surface area contributed by atoms with Gasteiger partial charge < -0.3 is 14.4 Å². The molecule has 1 spiro atoms. The van der Waals surface area contributed by atoms with Crippen molar-refractivity contribution in [2.45, 2.75) is 44.8 Å². The average molecular weight is 253 g/mol. The van der Waals surface area contributed by atoms with Crippen LogP contribution < -0.4 is 0 Å². The van der Waals surface area contributed by atoms with Gasteiger partial charge in [0.2, 0.25) is 5.78 Å². The number of nitrogens with zero attached hydrogens (tertiary/aromatic N) is 1. The molecule has 0 saturated carbocycles. The SMILES string of the molecule is CC(C)(C)OC(=O)N1CCC2(CC1)OC=CC2=O. The first-order chi connectivity index (χ1) is 8.32. The van der Waals surface area contributed by atoms with Crippen LogP contribution in [-0.2, 0) is 14.3 Å². The summed E-state index contributed by atoms with van der Waals surface area (Å²) in [5.41, 5.74) is -1.22. The number of carbonyl (C=O) groups excluding carboxylic acids is 2. The van der Waals surface area contributed by atoms with Crippen LogP contribution >= 0.6 is 0 Å². The lowest BCUT2D eigenvalue weighted by Gasteiger charge is -2.37. The molecule has 2 aliphatic heterocycles. The third kappa shape index (κ3) is 2.49. The van der Waals surface area contributed by atoms with Crippen LogP contribution in [0.2, 0.25) is 0 Å². The summed E-state index contributed by atoms with van der Waals surface area (Å²) in [6, 6.07) is 0. The van der Waals surface area contributed by atoms with Crippen molar-refractivity contribution in [1.29, 1.82) is 0 Å². The number of amides is 1. The minimum Gasteiger partial charge on any atom is -0.486 e. The first kappa shape index (κ1) is 12.9. The van der Waals surface area contributed by atoms with Gasteiger partial charge in [0.15, 0.2) is 5.60 Å². The van der Waals surface area contributed by atoms with E-state index in [0.29, 0.717) is 25.9 Å². The molecule has 0 radical (unpaired) electrons. The van der Waals surface area contributed by atoms with E-state index in [1.165, 1.54) is 12.3 Å². The first-order valence-corrected chi connectivity index (χ1v) is 6.19. The maximum atomic E-state index is 11.9. The second-order valence-electron chi connectivity index (χ2n) is 5.75. The summed E-state index contributed by atoms with van der Waals surface area (Å²) in [7, 11) is 0. The molecule has 1 amide bonds. The van der Waals surface area contributed by atoms with Gasteiger partial charge in [-0.15, -0.1) is 0 Å². The molecular weight excluding hydrogens is 234 g/mol. The predicted octanol–water partition coefficient (Wildman–Crippen LogP) is 1.87. The predicted molar refractivity (Wildman–Crippen MR) is 65.0 cm³/mol. The quantitative estimate of drug-likeness (QED) is 0.661. The standard InChI is InChI=1S/C13H19NO4/c1-12(2,3)18-11(16)14-7-5-13(6-8-14)10(15)4-9-17-13/h4,9H,5-8H2,1-3H3. The van der Waals surface area contributed by atoms with Crippen molar-refractivity contribution < 1.29 is 19.1 Å². The van der Waals surface area contributed by atoms with Gasteiger partial charge in [0.1, 0.15) is 5.60 Å². The van der Waals surface area contributed by atoms with E-state index in [1.54, 1.807) is 4.90 Å². The number of likely N-dealkylation sites (tertiary alicyclic amines) is 1. The van der Waals surface area contributed by atoms with Crippen LogP contribution in [0.5, 0.6) is 0 Å². The van der Waals surface area contributed by atoms with Crippen molar-refractivity contribution in [3.8, 4) is 0 Å². The number of ether oxygens (including phenoxy) is 2. The zero-order chi connectivity index (χ0) is 13.4. The fourth-order valence-corrected chi connectivity index (χ4v) is 2.18. The van der Waals surface area contributed by atoms with Crippen molar-refractivity contribution in [2.75, 3.05) is 13.1 Å². The number of hydrogen-bond acceptors (Lipinski definition) is 4. The van der Waals surface area contributed by atoms with E-state index in [-0.39, 0.29) is 11.9 Å². The van der Waals surface area contributed by atoms with Crippen LogP contribution in [0.15, 0.2) is 12.3 Å². The second kappa shape index (κ2) is 4.30. The van der Waals surface area contributed by atoms with Crippen molar-refractivity contribution in [3.63, 3.8) is 0 Å². The largest absolute Gasteiger partial charge is 0.486 e. The van der Waals surface area contributed by atoms with E-state index in [2.05, 4.69) is 0 Å². The van der Waals surface area contributed by atoms with Crippen molar-refractivity contribution in [2.24, 2.45) is 0 Å². The van der Waals surface area contributed by atoms with E-state index in [4.69, 9.17) is 9.47 Å². The summed E-state index contributed by atoms with van der Waals surface area (Å²) in [4.78, 5) is 25.2. The summed E-state index contributed by atoms with van der Waals surface area (Å²) in [5, 5.41) is 0. The smallest absolute Gasteiger partial charge is 0.410 e. The molecule has 1 saturated heterocycles. The van der Waals surface area contributed by atoms with E-state index in [0.717, 1.165) is 0 Å². The molecule has 2 heterocycles. The molecule has 18 heavy (non-hydrogen) atoms. The number of hydrogen-bond donors (Lipinski definition) is 0. The molecule has 0 aromatic rings. The summed E-state index contributed by atoms with van der Waals surface area (Å²) >= 11 is 0. The molecule has 0 aliphatic carbocycles. The van der Waals surface area contributed by atoms with E-state index < -0.39 is 11.2 Å². The molecule has 100 valence electrons. The fourth-order valence-electron chi connectivity index (χ4n) is 2.18. The number of carbonyl (C=O) groups is 2. The Morgan fingerprint density at radius 1 is 1.39 bits per heavy atom. The van der Waals surface area contributed by atoms with Gasteiger partial charge in [-0.3, -0.25) is 4.79 Å². The van der Waals surface area contributed by atoms with E-state index >= 15 is 0 Å². The molecular formula is C13H19NO4. The van der Waals surface area contributed by atoms with Gasteiger partial charge >= 0.3 is 6.09 Å². The number of rotatable bonds is 0. The maximum absolute atomic E-state index is 11.9. The molecule has 2 rings (SSSR count). The second-order valence-corrected chi connectivity index (χ2v) is 5.75. The lowest BCUT2D eigenvalue weighted by atomic mass is 9.88. The zero-order valence-corrected chi connectivity index (χ0v) is 11.1. The molecule has 0 bridgehead atoms. The Hall–Kier alpha value is -1.52. The highest BCUT2D eigenvalue weighted by Gasteiger charge is 2.45. The molecule has 0 atom stereocenters. The Morgan fingerprint density at radius 2 is 2.00 bits per heavy atom. The van der Waals surface area contributed by atoms with Crippen molar-refractivity contribution >= 4 is 11.9 Å². The summed E-state index contributed by atoms with van der Waals surface area (Å²) in [6.45, 7) is 6.49. The normalized spacial score (nSPS) is 22.2. The minimum atomic E-state index is -0.724. The zero-order valence-electron chi connectivity index (χ0n) is 11.1. The van der Waals surface area contributed by atoms with Gasteiger partial charge in [0, 0.05) is 32.0 Å². The summed E-state index contributed by atoms with van der Waals surface area (Å²) < 4.78 is 10.7. The first-order valence-electron chi connectivity index (χ1n) is 6.19. The van der Waals surface area contributed by atoms with Gasteiger partial charge in [-0.05, 0) is 20.8 Å². The third-order valence-corrected chi connectivity index (χ3v) is 3.18. The number of piperidine rings is 1.